The van der Waals surface area contributed by atoms with Crippen LogP contribution in [0.2, 0.25) is 0 Å². The van der Waals surface area contributed by atoms with Crippen molar-refractivity contribution in [1.82, 2.24) is 0 Å². The van der Waals surface area contributed by atoms with Gasteiger partial charge < -0.3 is 9.47 Å². The molecule has 0 saturated carbocycles. The monoisotopic (exact) mass is 404 g/mol. The van der Waals surface area contributed by atoms with Crippen LogP contribution in [-0.4, -0.2) is 19.7 Å². The molecule has 0 atom stereocenters. The molecule has 0 heterocycles. The van der Waals surface area contributed by atoms with E-state index in [4.69, 9.17) is 9.47 Å². The number of rotatable bonds is 19. The largest absolute Gasteiger partial charge is 0.497 e. The molecule has 1 rings (SSSR count). The molecule has 166 valence electrons. The van der Waals surface area contributed by atoms with Crippen molar-refractivity contribution in [1.29, 1.82) is 0 Å². The van der Waals surface area contributed by atoms with E-state index >= 15 is 0 Å². The normalized spacial score (nSPS) is 10.8. The third-order valence-corrected chi connectivity index (χ3v) is 5.55. The van der Waals surface area contributed by atoms with E-state index in [1.165, 1.54) is 77.0 Å². The molecule has 0 aliphatic heterocycles. The van der Waals surface area contributed by atoms with E-state index in [1.54, 1.807) is 7.11 Å². The summed E-state index contributed by atoms with van der Waals surface area (Å²) in [5.41, 5.74) is 1.16. The minimum atomic E-state index is -0.0579. The van der Waals surface area contributed by atoms with Crippen LogP contribution in [-0.2, 0) is 16.0 Å². The van der Waals surface area contributed by atoms with Crippen LogP contribution in [0.3, 0.4) is 0 Å². The Morgan fingerprint density at radius 3 is 1.69 bits per heavy atom. The molecular formula is C26H44O3. The van der Waals surface area contributed by atoms with Crippen LogP contribution in [0.5, 0.6) is 5.75 Å². The van der Waals surface area contributed by atoms with Crippen molar-refractivity contribution in [2.45, 2.75) is 110 Å². The lowest BCUT2D eigenvalue weighted by molar-refractivity contribution is -0.143. The van der Waals surface area contributed by atoms with Crippen molar-refractivity contribution in [3.05, 3.63) is 29.8 Å². The summed E-state index contributed by atoms with van der Waals surface area (Å²) in [5.74, 6) is 0.793. The van der Waals surface area contributed by atoms with Crippen LogP contribution in [0.4, 0.5) is 0 Å². The standard InChI is InChI=1S/C26H44O3/c1-3-4-5-6-7-8-9-10-11-12-13-14-15-16-17-26(27)29-23-22-24-18-20-25(28-2)21-19-24/h18-21H,3-17,22-23H2,1-2H3. The Morgan fingerprint density at radius 1 is 0.724 bits per heavy atom. The summed E-state index contributed by atoms with van der Waals surface area (Å²) in [6, 6.07) is 7.90. The predicted molar refractivity (Wildman–Crippen MR) is 123 cm³/mol. The van der Waals surface area contributed by atoms with E-state index in [9.17, 15) is 4.79 Å². The summed E-state index contributed by atoms with van der Waals surface area (Å²) < 4.78 is 10.5. The fraction of sp³-hybridized carbons (Fsp3) is 0.731. The van der Waals surface area contributed by atoms with Crippen molar-refractivity contribution in [2.24, 2.45) is 0 Å². The van der Waals surface area contributed by atoms with Gasteiger partial charge in [-0.1, -0.05) is 103 Å². The van der Waals surface area contributed by atoms with Crippen LogP contribution in [0.25, 0.3) is 0 Å². The number of hydrogen-bond acceptors (Lipinski definition) is 3. The van der Waals surface area contributed by atoms with E-state index in [0.29, 0.717) is 13.0 Å². The van der Waals surface area contributed by atoms with Gasteiger partial charge in [-0.3, -0.25) is 4.79 Å². The molecule has 0 aliphatic rings. The van der Waals surface area contributed by atoms with Crippen molar-refractivity contribution in [3.63, 3.8) is 0 Å². The molecule has 0 unspecified atom stereocenters. The summed E-state index contributed by atoms with van der Waals surface area (Å²) in [4.78, 5) is 11.8. The lowest BCUT2D eigenvalue weighted by atomic mass is 10.0. The number of carbonyl (C=O) groups is 1. The fourth-order valence-electron chi connectivity index (χ4n) is 3.61. The molecular weight excluding hydrogens is 360 g/mol. The van der Waals surface area contributed by atoms with Gasteiger partial charge in [0.1, 0.15) is 5.75 Å². The van der Waals surface area contributed by atoms with Crippen LogP contribution in [0.15, 0.2) is 24.3 Å². The Balaban J connectivity index is 1.83. The summed E-state index contributed by atoms with van der Waals surface area (Å²) in [5, 5.41) is 0. The molecule has 3 heteroatoms. The lowest BCUT2D eigenvalue weighted by Crippen LogP contribution is -2.07. The maximum Gasteiger partial charge on any atom is 0.305 e. The number of carbonyl (C=O) groups excluding carboxylic acids is 1. The van der Waals surface area contributed by atoms with E-state index in [-0.39, 0.29) is 5.97 Å². The van der Waals surface area contributed by atoms with Gasteiger partial charge in [0.2, 0.25) is 0 Å². The first-order valence-electron chi connectivity index (χ1n) is 12.0. The zero-order chi connectivity index (χ0) is 21.0. The fourth-order valence-corrected chi connectivity index (χ4v) is 3.61. The number of methoxy groups -OCH3 is 1. The maximum absolute atomic E-state index is 11.8. The number of unbranched alkanes of at least 4 members (excludes halogenated alkanes) is 13. The third-order valence-electron chi connectivity index (χ3n) is 5.55. The highest BCUT2D eigenvalue weighted by molar-refractivity contribution is 5.69. The molecule has 1 aromatic carbocycles. The van der Waals surface area contributed by atoms with Gasteiger partial charge in [-0.15, -0.1) is 0 Å². The summed E-state index contributed by atoms with van der Waals surface area (Å²) >= 11 is 0. The topological polar surface area (TPSA) is 35.5 Å². The first-order chi connectivity index (χ1) is 14.3. The van der Waals surface area contributed by atoms with Crippen molar-refractivity contribution in [3.8, 4) is 5.75 Å². The number of hydrogen-bond donors (Lipinski definition) is 0. The minimum Gasteiger partial charge on any atom is -0.497 e. The van der Waals surface area contributed by atoms with Crippen LogP contribution in [0.1, 0.15) is 109 Å². The molecule has 0 amide bonds. The average Bonchev–Trinajstić information content (AvgIpc) is 2.74. The van der Waals surface area contributed by atoms with Crippen molar-refractivity contribution >= 4 is 5.97 Å². The maximum atomic E-state index is 11.8. The van der Waals surface area contributed by atoms with Gasteiger partial charge in [0.15, 0.2) is 0 Å². The van der Waals surface area contributed by atoms with Crippen molar-refractivity contribution in [2.75, 3.05) is 13.7 Å². The Morgan fingerprint density at radius 2 is 1.21 bits per heavy atom. The lowest BCUT2D eigenvalue weighted by Gasteiger charge is -2.06. The zero-order valence-electron chi connectivity index (χ0n) is 19.1. The highest BCUT2D eigenvalue weighted by atomic mass is 16.5. The molecule has 0 aliphatic carbocycles. The van der Waals surface area contributed by atoms with E-state index in [1.807, 2.05) is 24.3 Å². The number of benzene rings is 1. The first kappa shape index (κ1) is 25.5. The molecule has 0 saturated heterocycles. The second-order valence-corrected chi connectivity index (χ2v) is 8.16. The van der Waals surface area contributed by atoms with Gasteiger partial charge >= 0.3 is 5.97 Å². The highest BCUT2D eigenvalue weighted by Crippen LogP contribution is 2.14. The molecule has 0 aromatic heterocycles. The second kappa shape index (κ2) is 18.5. The molecule has 29 heavy (non-hydrogen) atoms. The Bertz CT molecular complexity index is 495. The average molecular weight is 405 g/mol. The van der Waals surface area contributed by atoms with Gasteiger partial charge in [0.25, 0.3) is 0 Å². The number of esters is 1. The first-order valence-corrected chi connectivity index (χ1v) is 12.0. The van der Waals surface area contributed by atoms with Crippen molar-refractivity contribution < 1.29 is 14.3 Å². The Labute approximate surface area is 179 Å². The Hall–Kier alpha value is -1.51. The molecule has 0 fully saturated rings. The molecule has 0 spiro atoms. The zero-order valence-corrected chi connectivity index (χ0v) is 19.1. The third kappa shape index (κ3) is 15.1. The Kier molecular flexibility index (Phi) is 16.3. The quantitative estimate of drug-likeness (QED) is 0.175. The summed E-state index contributed by atoms with van der Waals surface area (Å²) in [6.07, 6.45) is 19.9. The molecule has 0 bridgehead atoms. The summed E-state index contributed by atoms with van der Waals surface area (Å²) in [6.45, 7) is 2.74. The van der Waals surface area contributed by atoms with E-state index < -0.39 is 0 Å². The molecule has 1 aromatic rings. The minimum absolute atomic E-state index is 0.0579. The predicted octanol–water partition coefficient (Wildman–Crippen LogP) is 7.65. The van der Waals surface area contributed by atoms with Gasteiger partial charge in [-0.25, -0.2) is 0 Å². The van der Waals surface area contributed by atoms with Gasteiger partial charge in [-0.05, 0) is 24.1 Å². The summed E-state index contributed by atoms with van der Waals surface area (Å²) in [7, 11) is 1.66. The van der Waals surface area contributed by atoms with Crippen LogP contribution in [0, 0.1) is 0 Å². The smallest absolute Gasteiger partial charge is 0.305 e. The molecule has 3 nitrogen and oxygen atoms in total. The van der Waals surface area contributed by atoms with Gasteiger partial charge in [0.05, 0.1) is 13.7 Å². The van der Waals surface area contributed by atoms with E-state index in [0.717, 1.165) is 30.6 Å². The SMILES string of the molecule is CCCCCCCCCCCCCCCCC(=O)OCCc1ccc(OC)cc1. The van der Waals surface area contributed by atoms with Gasteiger partial charge in [0, 0.05) is 12.8 Å². The second-order valence-electron chi connectivity index (χ2n) is 8.16. The highest BCUT2D eigenvalue weighted by Gasteiger charge is 2.03. The molecule has 0 N–H and O–H groups in total. The molecule has 0 radical (unpaired) electrons. The van der Waals surface area contributed by atoms with Crippen LogP contribution >= 0.6 is 0 Å². The number of ether oxygens (including phenoxy) is 2. The van der Waals surface area contributed by atoms with Crippen LogP contribution < -0.4 is 4.74 Å². The van der Waals surface area contributed by atoms with E-state index in [2.05, 4.69) is 6.92 Å². The van der Waals surface area contributed by atoms with Gasteiger partial charge in [-0.2, -0.15) is 0 Å².